The summed E-state index contributed by atoms with van der Waals surface area (Å²) in [6.07, 6.45) is 5.55. The van der Waals surface area contributed by atoms with Crippen LogP contribution in [0.25, 0.3) is 11.3 Å². The van der Waals surface area contributed by atoms with Gasteiger partial charge in [0.1, 0.15) is 0 Å². The summed E-state index contributed by atoms with van der Waals surface area (Å²) in [4.78, 5) is 23.2. The average molecular weight is 478 g/mol. The number of hydrogen-bond acceptors (Lipinski definition) is 6. The number of carbonyl (C=O) groups is 1. The number of nitrogens with one attached hydrogen (secondary N) is 2. The lowest BCUT2D eigenvalue weighted by Gasteiger charge is -2.41. The van der Waals surface area contributed by atoms with Crippen molar-refractivity contribution in [1.29, 1.82) is 0 Å². The Morgan fingerprint density at radius 1 is 1.23 bits per heavy atom. The number of nitrogens with zero attached hydrogens (tertiary/aromatic N) is 5. The van der Waals surface area contributed by atoms with Gasteiger partial charge in [0.15, 0.2) is 0 Å². The van der Waals surface area contributed by atoms with Crippen LogP contribution in [-0.2, 0) is 11.3 Å². The molecule has 1 aliphatic rings. The lowest BCUT2D eigenvalue weighted by Crippen LogP contribution is -2.59. The maximum atomic E-state index is 12.5. The zero-order chi connectivity index (χ0) is 25.2. The molecule has 9 nitrogen and oxygen atoms in total. The Balaban J connectivity index is 1.34. The first kappa shape index (κ1) is 24.7. The van der Waals surface area contributed by atoms with Crippen LogP contribution in [0, 0.1) is 6.92 Å². The highest BCUT2D eigenvalue weighted by Crippen LogP contribution is 2.23. The highest BCUT2D eigenvalue weighted by Gasteiger charge is 2.33. The smallest absolute Gasteiger partial charge is 0.317 e. The summed E-state index contributed by atoms with van der Waals surface area (Å²) in [5.41, 5.74) is 4.62. The second-order valence-electron chi connectivity index (χ2n) is 10.3. The van der Waals surface area contributed by atoms with Crippen LogP contribution >= 0.6 is 0 Å². The number of hydrogen-bond donors (Lipinski definition) is 2. The zero-order valence-corrected chi connectivity index (χ0v) is 21.4. The van der Waals surface area contributed by atoms with Gasteiger partial charge in [0.05, 0.1) is 42.4 Å². The fourth-order valence-electron chi connectivity index (χ4n) is 3.91. The molecule has 0 saturated carbocycles. The van der Waals surface area contributed by atoms with Gasteiger partial charge < -0.3 is 20.3 Å². The van der Waals surface area contributed by atoms with Crippen LogP contribution < -0.4 is 10.6 Å². The minimum atomic E-state index is -0.191. The molecule has 3 aromatic rings. The number of carbonyl (C=O) groups excluding carboxylic acids is 1. The summed E-state index contributed by atoms with van der Waals surface area (Å²) < 4.78 is 7.78. The van der Waals surface area contributed by atoms with Crippen molar-refractivity contribution in [2.24, 2.45) is 0 Å². The standard InChI is InChI=1S/C26H35N7O2/c1-17(2)33-14-21(13-29-33)30-24-27-10-9-23(31-24)19-7-8-20(18(3)11-19)12-28-25(34)32-15-22(16-32)35-26(4,5)6/h7-11,13-14,17,22H,12,15-16H2,1-6H3,(H,28,34)(H,27,30,31). The van der Waals surface area contributed by atoms with Gasteiger partial charge in [-0.25, -0.2) is 14.8 Å². The molecule has 3 heterocycles. The van der Waals surface area contributed by atoms with Crippen LogP contribution in [0.3, 0.4) is 0 Å². The first-order chi connectivity index (χ1) is 16.6. The molecule has 1 aromatic carbocycles. The SMILES string of the molecule is Cc1cc(-c2ccnc(Nc3cnn(C(C)C)c3)n2)ccc1CNC(=O)N1CC(OC(C)(C)C)C1. The second kappa shape index (κ2) is 10.0. The number of benzene rings is 1. The Labute approximate surface area is 206 Å². The summed E-state index contributed by atoms with van der Waals surface area (Å²) in [7, 11) is 0. The summed E-state index contributed by atoms with van der Waals surface area (Å²) in [6, 6.07) is 8.26. The molecule has 0 atom stereocenters. The van der Waals surface area contributed by atoms with E-state index in [2.05, 4.69) is 45.6 Å². The molecule has 1 saturated heterocycles. The molecule has 0 spiro atoms. The molecule has 0 bridgehead atoms. The number of aromatic nitrogens is 4. The average Bonchev–Trinajstić information content (AvgIpc) is 3.23. The first-order valence-electron chi connectivity index (χ1n) is 12.0. The molecular formula is C26H35N7O2. The number of urea groups is 1. The van der Waals surface area contributed by atoms with Crippen molar-refractivity contribution in [1.82, 2.24) is 30.0 Å². The molecule has 2 amide bonds. The highest BCUT2D eigenvalue weighted by atomic mass is 16.5. The van der Waals surface area contributed by atoms with Crippen LogP contribution in [0.4, 0.5) is 16.4 Å². The van der Waals surface area contributed by atoms with Gasteiger partial charge in [-0.3, -0.25) is 4.68 Å². The molecule has 1 fully saturated rings. The van der Waals surface area contributed by atoms with E-state index in [1.807, 2.05) is 56.8 Å². The molecule has 4 rings (SSSR count). The van der Waals surface area contributed by atoms with Crippen molar-refractivity contribution in [3.05, 3.63) is 54.0 Å². The van der Waals surface area contributed by atoms with Crippen LogP contribution in [0.2, 0.25) is 0 Å². The van der Waals surface area contributed by atoms with Gasteiger partial charge in [-0.15, -0.1) is 0 Å². The zero-order valence-electron chi connectivity index (χ0n) is 21.4. The largest absolute Gasteiger partial charge is 0.369 e. The van der Waals surface area contributed by atoms with Gasteiger partial charge in [0.2, 0.25) is 5.95 Å². The van der Waals surface area contributed by atoms with E-state index in [4.69, 9.17) is 4.74 Å². The molecule has 2 N–H and O–H groups in total. The lowest BCUT2D eigenvalue weighted by molar-refractivity contribution is -0.111. The van der Waals surface area contributed by atoms with Crippen LogP contribution in [0.5, 0.6) is 0 Å². The van der Waals surface area contributed by atoms with Crippen LogP contribution in [0.15, 0.2) is 42.9 Å². The fourth-order valence-corrected chi connectivity index (χ4v) is 3.91. The Morgan fingerprint density at radius 3 is 2.66 bits per heavy atom. The third-order valence-corrected chi connectivity index (χ3v) is 5.77. The minimum Gasteiger partial charge on any atom is -0.369 e. The van der Waals surface area contributed by atoms with E-state index in [1.165, 1.54) is 0 Å². The van der Waals surface area contributed by atoms with Crippen molar-refractivity contribution in [3.8, 4) is 11.3 Å². The second-order valence-corrected chi connectivity index (χ2v) is 10.3. The topological polar surface area (TPSA) is 97.2 Å². The number of likely N-dealkylation sites (tertiary alicyclic amines) is 1. The number of amides is 2. The number of ether oxygens (including phenoxy) is 1. The van der Waals surface area contributed by atoms with E-state index in [9.17, 15) is 4.79 Å². The fraction of sp³-hybridized carbons (Fsp3) is 0.462. The first-order valence-corrected chi connectivity index (χ1v) is 12.0. The van der Waals surface area contributed by atoms with E-state index in [1.54, 1.807) is 17.3 Å². The summed E-state index contributed by atoms with van der Waals surface area (Å²) in [5.74, 6) is 0.517. The van der Waals surface area contributed by atoms with E-state index < -0.39 is 0 Å². The van der Waals surface area contributed by atoms with Crippen molar-refractivity contribution >= 4 is 17.7 Å². The van der Waals surface area contributed by atoms with Gasteiger partial charge in [-0.05, 0) is 64.8 Å². The Kier molecular flexibility index (Phi) is 7.07. The van der Waals surface area contributed by atoms with Crippen molar-refractivity contribution in [2.45, 2.75) is 65.8 Å². The van der Waals surface area contributed by atoms with E-state index in [0.29, 0.717) is 25.6 Å². The highest BCUT2D eigenvalue weighted by molar-refractivity contribution is 5.75. The maximum Gasteiger partial charge on any atom is 0.317 e. The predicted molar refractivity (Wildman–Crippen MR) is 137 cm³/mol. The molecule has 0 aliphatic carbocycles. The monoisotopic (exact) mass is 477 g/mol. The third-order valence-electron chi connectivity index (χ3n) is 5.77. The molecule has 1 aliphatic heterocycles. The minimum absolute atomic E-state index is 0.0606. The van der Waals surface area contributed by atoms with Crippen molar-refractivity contribution in [3.63, 3.8) is 0 Å². The van der Waals surface area contributed by atoms with Crippen molar-refractivity contribution < 1.29 is 9.53 Å². The summed E-state index contributed by atoms with van der Waals surface area (Å²) in [6.45, 7) is 14.0. The van der Waals surface area contributed by atoms with Crippen LogP contribution in [0.1, 0.15) is 51.8 Å². The number of anilines is 2. The van der Waals surface area contributed by atoms with E-state index >= 15 is 0 Å². The van der Waals surface area contributed by atoms with Crippen LogP contribution in [-0.4, -0.2) is 55.5 Å². The molecule has 35 heavy (non-hydrogen) atoms. The predicted octanol–water partition coefficient (Wildman–Crippen LogP) is 4.68. The third kappa shape index (κ3) is 6.36. The Hall–Kier alpha value is -3.46. The van der Waals surface area contributed by atoms with E-state index in [0.717, 1.165) is 28.1 Å². The number of rotatable bonds is 7. The Morgan fingerprint density at radius 2 is 2.00 bits per heavy atom. The van der Waals surface area contributed by atoms with Gasteiger partial charge in [0, 0.05) is 30.5 Å². The van der Waals surface area contributed by atoms with Gasteiger partial charge in [-0.1, -0.05) is 12.1 Å². The lowest BCUT2D eigenvalue weighted by atomic mass is 10.0. The molecule has 9 heteroatoms. The van der Waals surface area contributed by atoms with Gasteiger partial charge >= 0.3 is 6.03 Å². The molecule has 0 radical (unpaired) electrons. The molecule has 0 unspecified atom stereocenters. The van der Waals surface area contributed by atoms with Gasteiger partial charge in [0.25, 0.3) is 0 Å². The number of aryl methyl sites for hydroxylation is 1. The van der Waals surface area contributed by atoms with Gasteiger partial charge in [-0.2, -0.15) is 5.10 Å². The van der Waals surface area contributed by atoms with Crippen molar-refractivity contribution in [2.75, 3.05) is 18.4 Å². The summed E-state index contributed by atoms with van der Waals surface area (Å²) >= 11 is 0. The molecule has 2 aromatic heterocycles. The molecule has 186 valence electrons. The normalized spacial score (nSPS) is 14.2. The van der Waals surface area contributed by atoms with E-state index in [-0.39, 0.29) is 23.8 Å². The summed E-state index contributed by atoms with van der Waals surface area (Å²) in [5, 5.41) is 10.6. The quantitative estimate of drug-likeness (QED) is 0.513. The molecular weight excluding hydrogens is 442 g/mol. The Bertz CT molecular complexity index is 1180. The maximum absolute atomic E-state index is 12.5.